The van der Waals surface area contributed by atoms with E-state index in [1.165, 1.54) is 23.1 Å². The van der Waals surface area contributed by atoms with E-state index in [0.29, 0.717) is 6.54 Å². The van der Waals surface area contributed by atoms with Crippen molar-refractivity contribution >= 4 is 11.6 Å². The molecule has 2 aliphatic heterocycles. The van der Waals surface area contributed by atoms with Gasteiger partial charge in [-0.2, -0.15) is 13.2 Å². The number of rotatable bonds is 1. The van der Waals surface area contributed by atoms with Crippen LogP contribution in [0.4, 0.5) is 18.9 Å². The highest BCUT2D eigenvalue weighted by Crippen LogP contribution is 2.38. The van der Waals surface area contributed by atoms with Crippen LogP contribution in [0.25, 0.3) is 0 Å². The number of hydrogen-bond donors (Lipinski definition) is 1. The van der Waals surface area contributed by atoms with Crippen LogP contribution in [0.2, 0.25) is 0 Å². The smallest absolute Gasteiger partial charge is 0.362 e. The second kappa shape index (κ2) is 5.55. The van der Waals surface area contributed by atoms with Gasteiger partial charge in [0.2, 0.25) is 0 Å². The summed E-state index contributed by atoms with van der Waals surface area (Å²) in [6, 6.07) is 5.19. The minimum atomic E-state index is -4.49. The second-order valence-corrected chi connectivity index (χ2v) is 5.75. The zero-order valence-corrected chi connectivity index (χ0v) is 11.9. The number of carbonyl (C=O) groups is 1. The molecule has 7 heteroatoms. The van der Waals surface area contributed by atoms with Crippen LogP contribution >= 0.6 is 0 Å². The van der Waals surface area contributed by atoms with Gasteiger partial charge in [0.1, 0.15) is 6.61 Å². The first-order valence-corrected chi connectivity index (χ1v) is 7.23. The van der Waals surface area contributed by atoms with Crippen LogP contribution < -0.4 is 10.2 Å². The molecule has 1 atom stereocenters. The third-order valence-corrected chi connectivity index (χ3v) is 4.18. The minimum Gasteiger partial charge on any atom is -0.362 e. The number of para-hydroxylation sites is 1. The highest BCUT2D eigenvalue weighted by molar-refractivity contribution is 5.96. The summed E-state index contributed by atoms with van der Waals surface area (Å²) in [5, 5.41) is 3.19. The van der Waals surface area contributed by atoms with E-state index in [1.807, 2.05) is 0 Å². The van der Waals surface area contributed by atoms with Crippen LogP contribution in [-0.4, -0.2) is 37.7 Å². The van der Waals surface area contributed by atoms with Crippen molar-refractivity contribution in [1.29, 1.82) is 0 Å². The molecule has 2 saturated heterocycles. The van der Waals surface area contributed by atoms with Gasteiger partial charge in [-0.1, -0.05) is 12.1 Å². The average Bonchev–Trinajstić information content (AvgIpc) is 2.50. The predicted octanol–water partition coefficient (Wildman–Crippen LogP) is 2.19. The second-order valence-electron chi connectivity index (χ2n) is 5.75. The van der Waals surface area contributed by atoms with Gasteiger partial charge in [0.05, 0.1) is 23.4 Å². The fourth-order valence-corrected chi connectivity index (χ4v) is 3.08. The summed E-state index contributed by atoms with van der Waals surface area (Å²) in [7, 11) is 0. The van der Waals surface area contributed by atoms with Crippen molar-refractivity contribution in [3.63, 3.8) is 0 Å². The fraction of sp³-hybridized carbons (Fsp3) is 0.533. The summed E-state index contributed by atoms with van der Waals surface area (Å²) in [6.45, 7) is 1.36. The van der Waals surface area contributed by atoms with Gasteiger partial charge in [-0.15, -0.1) is 0 Å². The minimum absolute atomic E-state index is 0.0896. The lowest BCUT2D eigenvalue weighted by Crippen LogP contribution is -2.61. The predicted molar refractivity (Wildman–Crippen MR) is 74.6 cm³/mol. The van der Waals surface area contributed by atoms with Crippen molar-refractivity contribution in [2.24, 2.45) is 0 Å². The first kappa shape index (κ1) is 15.3. The average molecular weight is 314 g/mol. The van der Waals surface area contributed by atoms with E-state index >= 15 is 0 Å². The number of amides is 1. The number of halogens is 3. The lowest BCUT2D eigenvalue weighted by molar-refractivity contribution is -0.142. The largest absolute Gasteiger partial charge is 0.418 e. The first-order chi connectivity index (χ1) is 10.4. The number of carbonyl (C=O) groups excluding carboxylic acids is 1. The van der Waals surface area contributed by atoms with Crippen LogP contribution in [0, 0.1) is 0 Å². The van der Waals surface area contributed by atoms with Gasteiger partial charge in [0.25, 0.3) is 5.91 Å². The summed E-state index contributed by atoms with van der Waals surface area (Å²) in [5.41, 5.74) is -1.47. The molecule has 2 fully saturated rings. The van der Waals surface area contributed by atoms with E-state index in [4.69, 9.17) is 4.74 Å². The number of nitrogens with zero attached hydrogens (tertiary/aromatic N) is 1. The SMILES string of the molecule is O=C1COC2(CCCNC2)CN1c1ccccc1C(F)(F)F. The van der Waals surface area contributed by atoms with E-state index in [9.17, 15) is 18.0 Å². The standard InChI is InChI=1S/C15H17F3N2O2/c16-15(17,18)11-4-1-2-5-12(11)20-10-14(22-8-13(20)21)6-3-7-19-9-14/h1-2,4-5,19H,3,6-10H2. The Morgan fingerprint density at radius 1 is 1.27 bits per heavy atom. The third kappa shape index (κ3) is 2.83. The molecule has 0 aromatic heterocycles. The van der Waals surface area contributed by atoms with E-state index in [1.54, 1.807) is 0 Å². The highest BCUT2D eigenvalue weighted by atomic mass is 19.4. The topological polar surface area (TPSA) is 41.6 Å². The maximum atomic E-state index is 13.2. The summed E-state index contributed by atoms with van der Waals surface area (Å²) in [5.74, 6) is -0.437. The van der Waals surface area contributed by atoms with Gasteiger partial charge in [-0.3, -0.25) is 4.79 Å². The fourth-order valence-electron chi connectivity index (χ4n) is 3.08. The van der Waals surface area contributed by atoms with E-state index in [2.05, 4.69) is 5.32 Å². The van der Waals surface area contributed by atoms with Crippen molar-refractivity contribution < 1.29 is 22.7 Å². The van der Waals surface area contributed by atoms with Crippen LogP contribution in [0.5, 0.6) is 0 Å². The Bertz CT molecular complexity index is 568. The molecule has 4 nitrogen and oxygen atoms in total. The molecule has 1 aromatic carbocycles. The molecule has 1 aromatic rings. The van der Waals surface area contributed by atoms with Crippen LogP contribution in [0.1, 0.15) is 18.4 Å². The third-order valence-electron chi connectivity index (χ3n) is 4.18. The molecular weight excluding hydrogens is 297 g/mol. The van der Waals surface area contributed by atoms with E-state index in [-0.39, 0.29) is 18.8 Å². The summed E-state index contributed by atoms with van der Waals surface area (Å²) < 4.78 is 45.2. The molecule has 0 bridgehead atoms. The Hall–Kier alpha value is -1.60. The van der Waals surface area contributed by atoms with Crippen molar-refractivity contribution in [2.75, 3.05) is 31.1 Å². The molecule has 2 heterocycles. The Kier molecular flexibility index (Phi) is 3.86. The lowest BCUT2D eigenvalue weighted by atomic mass is 9.91. The molecule has 1 unspecified atom stereocenters. The number of piperidine rings is 1. The summed E-state index contributed by atoms with van der Waals surface area (Å²) >= 11 is 0. The maximum Gasteiger partial charge on any atom is 0.418 e. The quantitative estimate of drug-likeness (QED) is 0.864. The number of anilines is 1. The number of ether oxygens (including phenoxy) is 1. The van der Waals surface area contributed by atoms with Crippen LogP contribution in [-0.2, 0) is 15.7 Å². The number of alkyl halides is 3. The number of benzene rings is 1. The zero-order chi connectivity index (χ0) is 15.8. The van der Waals surface area contributed by atoms with Crippen molar-refractivity contribution in [1.82, 2.24) is 5.32 Å². The van der Waals surface area contributed by atoms with Crippen molar-refractivity contribution in [2.45, 2.75) is 24.6 Å². The number of morpholine rings is 1. The van der Waals surface area contributed by atoms with Crippen LogP contribution in [0.15, 0.2) is 24.3 Å². The Morgan fingerprint density at radius 3 is 2.73 bits per heavy atom. The van der Waals surface area contributed by atoms with Gasteiger partial charge >= 0.3 is 6.18 Å². The van der Waals surface area contributed by atoms with Crippen molar-refractivity contribution in [3.05, 3.63) is 29.8 Å². The molecular formula is C15H17F3N2O2. The normalized spacial score (nSPS) is 26.5. The Balaban J connectivity index is 1.94. The molecule has 3 rings (SSSR count). The molecule has 1 spiro atoms. The number of hydrogen-bond acceptors (Lipinski definition) is 3. The molecule has 1 amide bonds. The molecule has 0 saturated carbocycles. The maximum absolute atomic E-state index is 13.2. The molecule has 0 aliphatic carbocycles. The molecule has 1 N–H and O–H groups in total. The van der Waals surface area contributed by atoms with E-state index in [0.717, 1.165) is 25.5 Å². The molecule has 22 heavy (non-hydrogen) atoms. The molecule has 120 valence electrons. The molecule has 2 aliphatic rings. The summed E-state index contributed by atoms with van der Waals surface area (Å²) in [4.78, 5) is 13.3. The highest BCUT2D eigenvalue weighted by Gasteiger charge is 2.43. The lowest BCUT2D eigenvalue weighted by Gasteiger charge is -2.45. The van der Waals surface area contributed by atoms with Crippen LogP contribution in [0.3, 0.4) is 0 Å². The van der Waals surface area contributed by atoms with Gasteiger partial charge in [-0.25, -0.2) is 0 Å². The number of nitrogens with one attached hydrogen (secondary N) is 1. The molecule has 0 radical (unpaired) electrons. The Labute approximate surface area is 126 Å². The van der Waals surface area contributed by atoms with Gasteiger partial charge in [0, 0.05) is 6.54 Å². The Morgan fingerprint density at radius 2 is 2.05 bits per heavy atom. The first-order valence-electron chi connectivity index (χ1n) is 7.23. The zero-order valence-electron chi connectivity index (χ0n) is 11.9. The van der Waals surface area contributed by atoms with Gasteiger partial charge < -0.3 is 15.0 Å². The van der Waals surface area contributed by atoms with Gasteiger partial charge in [-0.05, 0) is 31.5 Å². The van der Waals surface area contributed by atoms with E-state index < -0.39 is 23.2 Å². The van der Waals surface area contributed by atoms with Crippen molar-refractivity contribution in [3.8, 4) is 0 Å². The monoisotopic (exact) mass is 314 g/mol. The summed E-state index contributed by atoms with van der Waals surface area (Å²) in [6.07, 6.45) is -2.88. The van der Waals surface area contributed by atoms with Gasteiger partial charge in [0.15, 0.2) is 0 Å².